The Labute approximate surface area is 115 Å². The van der Waals surface area contributed by atoms with Crippen molar-refractivity contribution in [3.05, 3.63) is 29.8 Å². The summed E-state index contributed by atoms with van der Waals surface area (Å²) in [6, 6.07) is 6.76. The summed E-state index contributed by atoms with van der Waals surface area (Å²) in [6.45, 7) is 4.09. The van der Waals surface area contributed by atoms with Crippen LogP contribution in [0.3, 0.4) is 0 Å². The maximum atomic E-state index is 12.0. The fraction of sp³-hybridized carbons (Fsp3) is 0.500. The molecule has 1 aromatic carbocycles. The third-order valence-corrected chi connectivity index (χ3v) is 4.63. The average molecular weight is 280 g/mol. The van der Waals surface area contributed by atoms with Crippen LogP contribution in [-0.2, 0) is 10.0 Å². The fourth-order valence-electron chi connectivity index (χ4n) is 2.26. The lowest BCUT2D eigenvalue weighted by molar-refractivity contribution is 0.498. The first-order valence-electron chi connectivity index (χ1n) is 6.61. The minimum Gasteiger partial charge on any atom is -0.200 e. The van der Waals surface area contributed by atoms with E-state index in [0.717, 1.165) is 30.5 Å². The van der Waals surface area contributed by atoms with Gasteiger partial charge in [0.25, 0.3) is 10.0 Å². The van der Waals surface area contributed by atoms with E-state index >= 15 is 0 Å². The zero-order valence-corrected chi connectivity index (χ0v) is 12.2. The number of rotatable bonds is 3. The lowest BCUT2D eigenvalue weighted by atomic mass is 9.89. The van der Waals surface area contributed by atoms with E-state index in [-0.39, 0.29) is 4.90 Å². The van der Waals surface area contributed by atoms with Crippen molar-refractivity contribution < 1.29 is 8.42 Å². The molecule has 0 aliphatic heterocycles. The molecule has 5 heteroatoms. The van der Waals surface area contributed by atoms with Gasteiger partial charge in [-0.2, -0.15) is 13.5 Å². The lowest BCUT2D eigenvalue weighted by Crippen LogP contribution is -2.22. The lowest BCUT2D eigenvalue weighted by Gasteiger charge is -2.19. The van der Waals surface area contributed by atoms with E-state index in [9.17, 15) is 8.42 Å². The second-order valence-electron chi connectivity index (χ2n) is 5.29. The number of nitrogens with zero attached hydrogens (tertiary/aromatic N) is 1. The van der Waals surface area contributed by atoms with Crippen LogP contribution in [0.4, 0.5) is 0 Å². The van der Waals surface area contributed by atoms with Gasteiger partial charge in [-0.15, -0.1) is 0 Å². The topological polar surface area (TPSA) is 58.5 Å². The molecule has 0 radical (unpaired) electrons. The number of hydrazone groups is 1. The van der Waals surface area contributed by atoms with Crippen LogP contribution < -0.4 is 4.83 Å². The maximum Gasteiger partial charge on any atom is 0.276 e. The van der Waals surface area contributed by atoms with E-state index < -0.39 is 10.0 Å². The number of hydrogen-bond donors (Lipinski definition) is 1. The summed E-state index contributed by atoms with van der Waals surface area (Å²) < 4.78 is 24.1. The van der Waals surface area contributed by atoms with Gasteiger partial charge < -0.3 is 0 Å². The standard InChI is InChI=1S/C14H20N2O2S/c1-11-6-8-14(9-7-11)19(17,18)16-15-13-5-3-4-12(2)10-13/h6-9,12,16H,3-5,10H2,1-2H3/b15-13-. The molecule has 104 valence electrons. The Bertz CT molecular complexity index is 562. The van der Waals surface area contributed by atoms with Gasteiger partial charge in [0.15, 0.2) is 0 Å². The van der Waals surface area contributed by atoms with Gasteiger partial charge in [-0.05, 0) is 50.7 Å². The molecule has 4 nitrogen and oxygen atoms in total. The van der Waals surface area contributed by atoms with Crippen LogP contribution in [0.2, 0.25) is 0 Å². The van der Waals surface area contributed by atoms with E-state index in [4.69, 9.17) is 0 Å². The van der Waals surface area contributed by atoms with Gasteiger partial charge in [0.1, 0.15) is 0 Å². The van der Waals surface area contributed by atoms with Gasteiger partial charge in [-0.3, -0.25) is 0 Å². The molecule has 1 fully saturated rings. The molecule has 0 amide bonds. The molecule has 2 rings (SSSR count). The van der Waals surface area contributed by atoms with Crippen molar-refractivity contribution in [2.24, 2.45) is 11.0 Å². The van der Waals surface area contributed by atoms with Crippen molar-refractivity contribution in [2.75, 3.05) is 0 Å². The Kier molecular flexibility index (Phi) is 4.24. The number of hydrogen-bond acceptors (Lipinski definition) is 3. The van der Waals surface area contributed by atoms with Crippen LogP contribution >= 0.6 is 0 Å². The molecule has 0 spiro atoms. The molecular weight excluding hydrogens is 260 g/mol. The summed E-state index contributed by atoms with van der Waals surface area (Å²) in [5.74, 6) is 0.594. The van der Waals surface area contributed by atoms with Crippen molar-refractivity contribution in [3.8, 4) is 0 Å². The molecule has 1 atom stereocenters. The fourth-order valence-corrected chi connectivity index (χ4v) is 3.11. The molecule has 0 bridgehead atoms. The van der Waals surface area contributed by atoms with E-state index in [1.807, 2.05) is 6.92 Å². The molecule has 0 heterocycles. The monoisotopic (exact) mass is 280 g/mol. The molecule has 1 unspecified atom stereocenters. The van der Waals surface area contributed by atoms with Crippen molar-refractivity contribution in [3.63, 3.8) is 0 Å². The van der Waals surface area contributed by atoms with E-state index in [1.165, 1.54) is 6.42 Å². The molecule has 1 aromatic rings. The van der Waals surface area contributed by atoms with Crippen LogP contribution in [0.25, 0.3) is 0 Å². The van der Waals surface area contributed by atoms with Gasteiger partial charge in [0.2, 0.25) is 0 Å². The largest absolute Gasteiger partial charge is 0.276 e. The van der Waals surface area contributed by atoms with Gasteiger partial charge in [0.05, 0.1) is 4.90 Å². The van der Waals surface area contributed by atoms with E-state index in [1.54, 1.807) is 24.3 Å². The molecule has 1 N–H and O–H groups in total. The third kappa shape index (κ3) is 3.80. The van der Waals surface area contributed by atoms with Gasteiger partial charge >= 0.3 is 0 Å². The first-order valence-corrected chi connectivity index (χ1v) is 8.09. The van der Waals surface area contributed by atoms with Crippen LogP contribution in [0.15, 0.2) is 34.3 Å². The van der Waals surface area contributed by atoms with Crippen molar-refractivity contribution >= 4 is 15.7 Å². The summed E-state index contributed by atoms with van der Waals surface area (Å²) >= 11 is 0. The molecule has 1 saturated carbocycles. The number of aryl methyl sites for hydroxylation is 1. The van der Waals surface area contributed by atoms with Gasteiger partial charge in [0, 0.05) is 5.71 Å². The first-order chi connectivity index (χ1) is 8.97. The number of nitrogens with one attached hydrogen (secondary N) is 1. The Morgan fingerprint density at radius 3 is 2.58 bits per heavy atom. The molecule has 0 saturated heterocycles. The maximum absolute atomic E-state index is 12.0. The van der Waals surface area contributed by atoms with Crippen molar-refractivity contribution in [1.82, 2.24) is 4.83 Å². The zero-order chi connectivity index (χ0) is 13.9. The van der Waals surface area contributed by atoms with E-state index in [0.29, 0.717) is 5.92 Å². The molecule has 19 heavy (non-hydrogen) atoms. The predicted molar refractivity (Wildman–Crippen MR) is 76.6 cm³/mol. The third-order valence-electron chi connectivity index (χ3n) is 3.40. The van der Waals surface area contributed by atoms with Gasteiger partial charge in [-0.1, -0.05) is 24.6 Å². The minimum atomic E-state index is -3.53. The zero-order valence-electron chi connectivity index (χ0n) is 11.4. The Morgan fingerprint density at radius 2 is 1.95 bits per heavy atom. The van der Waals surface area contributed by atoms with Crippen molar-refractivity contribution in [1.29, 1.82) is 0 Å². The second-order valence-corrected chi connectivity index (χ2v) is 6.95. The van der Waals surface area contributed by atoms with Crippen LogP contribution in [0.1, 0.15) is 38.2 Å². The summed E-state index contributed by atoms with van der Waals surface area (Å²) in [4.78, 5) is 2.60. The summed E-state index contributed by atoms with van der Waals surface area (Å²) in [7, 11) is -3.53. The number of benzene rings is 1. The van der Waals surface area contributed by atoms with Crippen LogP contribution in [0.5, 0.6) is 0 Å². The Balaban J connectivity index is 2.09. The van der Waals surface area contributed by atoms with Crippen molar-refractivity contribution in [2.45, 2.75) is 44.4 Å². The minimum absolute atomic E-state index is 0.256. The highest BCUT2D eigenvalue weighted by atomic mass is 32.2. The summed E-state index contributed by atoms with van der Waals surface area (Å²) in [6.07, 6.45) is 4.06. The molecule has 1 aliphatic carbocycles. The second kappa shape index (κ2) is 5.74. The average Bonchev–Trinajstić information content (AvgIpc) is 2.37. The van der Waals surface area contributed by atoms with Crippen LogP contribution in [0, 0.1) is 12.8 Å². The summed E-state index contributed by atoms with van der Waals surface area (Å²) in [5, 5.41) is 4.08. The number of sulfonamides is 1. The first kappa shape index (κ1) is 14.1. The van der Waals surface area contributed by atoms with E-state index in [2.05, 4.69) is 16.9 Å². The molecule has 0 aromatic heterocycles. The smallest absolute Gasteiger partial charge is 0.200 e. The Hall–Kier alpha value is -1.36. The normalized spacial score (nSPS) is 22.4. The SMILES string of the molecule is Cc1ccc(S(=O)(=O)N/N=C2/CCCC(C)C2)cc1. The summed E-state index contributed by atoms with van der Waals surface area (Å²) in [5.41, 5.74) is 1.99. The quantitative estimate of drug-likeness (QED) is 0.865. The van der Waals surface area contributed by atoms with Crippen LogP contribution in [-0.4, -0.2) is 14.1 Å². The molecule has 1 aliphatic rings. The molecular formula is C14H20N2O2S. The Morgan fingerprint density at radius 1 is 1.26 bits per heavy atom. The highest BCUT2D eigenvalue weighted by molar-refractivity contribution is 7.89. The predicted octanol–water partition coefficient (Wildman–Crippen LogP) is 2.84. The highest BCUT2D eigenvalue weighted by Gasteiger charge is 2.16. The highest BCUT2D eigenvalue weighted by Crippen LogP contribution is 2.21. The van der Waals surface area contributed by atoms with Gasteiger partial charge in [-0.25, -0.2) is 4.83 Å².